The van der Waals surface area contributed by atoms with Crippen molar-refractivity contribution < 1.29 is 9.59 Å². The van der Waals surface area contributed by atoms with Gasteiger partial charge in [0.2, 0.25) is 5.91 Å². The van der Waals surface area contributed by atoms with Crippen LogP contribution in [0.5, 0.6) is 0 Å². The normalized spacial score (nSPS) is 13.9. The van der Waals surface area contributed by atoms with Crippen LogP contribution in [0.2, 0.25) is 0 Å². The van der Waals surface area contributed by atoms with Crippen molar-refractivity contribution >= 4 is 17.5 Å². The quantitative estimate of drug-likeness (QED) is 0.710. The molecule has 0 bridgehead atoms. The maximum atomic E-state index is 12.8. The molecule has 7 heteroatoms. The Kier molecular flexibility index (Phi) is 5.79. The third kappa shape index (κ3) is 4.35. The van der Waals surface area contributed by atoms with Gasteiger partial charge in [-0.15, -0.1) is 0 Å². The number of hydrogen-bond acceptors (Lipinski definition) is 4. The third-order valence-corrected chi connectivity index (χ3v) is 5.33. The number of aryl methyl sites for hydroxylation is 1. The zero-order chi connectivity index (χ0) is 20.9. The first-order valence-corrected chi connectivity index (χ1v) is 10.1. The van der Waals surface area contributed by atoms with Gasteiger partial charge in [-0.3, -0.25) is 9.59 Å². The number of nitrogens with one attached hydrogen (secondary N) is 1. The molecular formula is C23H25N5O2. The summed E-state index contributed by atoms with van der Waals surface area (Å²) in [5.41, 5.74) is 3.41. The van der Waals surface area contributed by atoms with Crippen LogP contribution in [0.3, 0.4) is 0 Å². The van der Waals surface area contributed by atoms with E-state index in [2.05, 4.69) is 27.3 Å². The molecular weight excluding hydrogens is 378 g/mol. The van der Waals surface area contributed by atoms with Crippen molar-refractivity contribution in [1.29, 1.82) is 0 Å². The Hall–Kier alpha value is -3.61. The fraction of sp³-hybridized carbons (Fsp3) is 0.261. The van der Waals surface area contributed by atoms with E-state index in [1.807, 2.05) is 48.2 Å². The average Bonchev–Trinajstić information content (AvgIpc) is 3.32. The summed E-state index contributed by atoms with van der Waals surface area (Å²) < 4.78 is 1.79. The minimum absolute atomic E-state index is 0.0124. The maximum absolute atomic E-state index is 12.8. The van der Waals surface area contributed by atoms with Crippen molar-refractivity contribution in [3.63, 3.8) is 0 Å². The molecule has 0 spiro atoms. The highest BCUT2D eigenvalue weighted by Crippen LogP contribution is 2.17. The van der Waals surface area contributed by atoms with E-state index in [1.165, 1.54) is 5.69 Å². The Balaban J connectivity index is 1.35. The van der Waals surface area contributed by atoms with Gasteiger partial charge >= 0.3 is 0 Å². The zero-order valence-electron chi connectivity index (χ0n) is 17.0. The largest absolute Gasteiger partial charge is 0.368 e. The van der Waals surface area contributed by atoms with Gasteiger partial charge in [0.1, 0.15) is 0 Å². The van der Waals surface area contributed by atoms with E-state index in [4.69, 9.17) is 0 Å². The van der Waals surface area contributed by atoms with E-state index in [-0.39, 0.29) is 18.4 Å². The Labute approximate surface area is 175 Å². The van der Waals surface area contributed by atoms with Gasteiger partial charge in [-0.2, -0.15) is 0 Å². The Morgan fingerprint density at radius 2 is 1.80 bits per heavy atom. The molecule has 0 saturated carbocycles. The number of nitrogens with zero attached hydrogens (tertiary/aromatic N) is 4. The molecule has 0 unspecified atom stereocenters. The SMILES string of the molecule is Cc1ccc(-n2ccnc2)c(C(=O)NCC(=O)N2CCN(c3ccccc3)CC2)c1. The summed E-state index contributed by atoms with van der Waals surface area (Å²) >= 11 is 0. The maximum Gasteiger partial charge on any atom is 0.253 e. The van der Waals surface area contributed by atoms with Crippen LogP contribution in [-0.2, 0) is 4.79 Å². The molecule has 2 amide bonds. The van der Waals surface area contributed by atoms with Gasteiger partial charge in [-0.25, -0.2) is 4.98 Å². The van der Waals surface area contributed by atoms with Crippen LogP contribution in [-0.4, -0.2) is 59.0 Å². The number of imidazole rings is 1. The van der Waals surface area contributed by atoms with Gasteiger partial charge in [0.15, 0.2) is 0 Å². The number of rotatable bonds is 5. The van der Waals surface area contributed by atoms with E-state index in [0.717, 1.165) is 24.3 Å². The van der Waals surface area contributed by atoms with Crippen molar-refractivity contribution in [1.82, 2.24) is 19.8 Å². The summed E-state index contributed by atoms with van der Waals surface area (Å²) in [7, 11) is 0. The van der Waals surface area contributed by atoms with Crippen LogP contribution in [0.15, 0.2) is 67.3 Å². The molecule has 0 aliphatic carbocycles. The van der Waals surface area contributed by atoms with E-state index in [1.54, 1.807) is 23.3 Å². The second-order valence-electron chi connectivity index (χ2n) is 7.38. The molecule has 0 atom stereocenters. The molecule has 2 aromatic carbocycles. The number of benzene rings is 2. The van der Waals surface area contributed by atoms with E-state index < -0.39 is 0 Å². The van der Waals surface area contributed by atoms with Gasteiger partial charge in [-0.1, -0.05) is 29.8 Å². The van der Waals surface area contributed by atoms with Crippen LogP contribution in [0.25, 0.3) is 5.69 Å². The Morgan fingerprint density at radius 3 is 2.50 bits per heavy atom. The number of anilines is 1. The fourth-order valence-corrected chi connectivity index (χ4v) is 3.67. The topological polar surface area (TPSA) is 70.5 Å². The molecule has 1 saturated heterocycles. The lowest BCUT2D eigenvalue weighted by atomic mass is 10.1. The Bertz CT molecular complexity index is 1010. The minimum atomic E-state index is -0.265. The van der Waals surface area contributed by atoms with Gasteiger partial charge in [0, 0.05) is 44.3 Å². The van der Waals surface area contributed by atoms with Crippen LogP contribution in [0.1, 0.15) is 15.9 Å². The molecule has 4 rings (SSSR count). The van der Waals surface area contributed by atoms with Crippen LogP contribution >= 0.6 is 0 Å². The van der Waals surface area contributed by atoms with Crippen molar-refractivity contribution in [3.05, 3.63) is 78.4 Å². The lowest BCUT2D eigenvalue weighted by Crippen LogP contribution is -2.51. The third-order valence-electron chi connectivity index (χ3n) is 5.33. The molecule has 2 heterocycles. The van der Waals surface area contributed by atoms with Gasteiger partial charge in [-0.05, 0) is 31.2 Å². The molecule has 7 nitrogen and oxygen atoms in total. The predicted molar refractivity (Wildman–Crippen MR) is 116 cm³/mol. The van der Waals surface area contributed by atoms with E-state index in [9.17, 15) is 9.59 Å². The summed E-state index contributed by atoms with van der Waals surface area (Å²) in [6.45, 7) is 4.79. The molecule has 1 aromatic heterocycles. The minimum Gasteiger partial charge on any atom is -0.368 e. The lowest BCUT2D eigenvalue weighted by molar-refractivity contribution is -0.130. The number of aromatic nitrogens is 2. The lowest BCUT2D eigenvalue weighted by Gasteiger charge is -2.36. The zero-order valence-corrected chi connectivity index (χ0v) is 17.0. The summed E-state index contributed by atoms with van der Waals surface area (Å²) in [6.07, 6.45) is 5.11. The van der Waals surface area contributed by atoms with Crippen LogP contribution in [0, 0.1) is 6.92 Å². The first kappa shape index (κ1) is 19.7. The molecule has 1 N–H and O–H groups in total. The summed E-state index contributed by atoms with van der Waals surface area (Å²) in [5.74, 6) is -0.327. The van der Waals surface area contributed by atoms with Crippen LogP contribution < -0.4 is 10.2 Å². The highest BCUT2D eigenvalue weighted by atomic mass is 16.2. The number of piperazine rings is 1. The monoisotopic (exact) mass is 403 g/mol. The smallest absolute Gasteiger partial charge is 0.253 e. The summed E-state index contributed by atoms with van der Waals surface area (Å²) in [4.78, 5) is 33.6. The van der Waals surface area contributed by atoms with Gasteiger partial charge in [0.05, 0.1) is 24.1 Å². The molecule has 3 aromatic rings. The molecule has 1 aliphatic rings. The second-order valence-corrected chi connectivity index (χ2v) is 7.38. The van der Waals surface area contributed by atoms with Crippen LogP contribution in [0.4, 0.5) is 5.69 Å². The number of carbonyl (C=O) groups is 2. The molecule has 30 heavy (non-hydrogen) atoms. The number of hydrogen-bond donors (Lipinski definition) is 1. The van der Waals surface area contributed by atoms with Crippen molar-refractivity contribution in [2.45, 2.75) is 6.92 Å². The number of para-hydroxylation sites is 1. The van der Waals surface area contributed by atoms with Gasteiger partial charge < -0.3 is 19.7 Å². The highest BCUT2D eigenvalue weighted by molar-refractivity contribution is 5.99. The molecule has 0 radical (unpaired) electrons. The first-order chi connectivity index (χ1) is 14.6. The molecule has 1 aliphatic heterocycles. The van der Waals surface area contributed by atoms with Crippen molar-refractivity contribution in [2.24, 2.45) is 0 Å². The van der Waals surface area contributed by atoms with Gasteiger partial charge in [0.25, 0.3) is 5.91 Å². The molecule has 1 fully saturated rings. The predicted octanol–water partition coefficient (Wildman–Crippen LogP) is 2.26. The van der Waals surface area contributed by atoms with Crippen molar-refractivity contribution in [2.75, 3.05) is 37.6 Å². The summed E-state index contributed by atoms with van der Waals surface area (Å²) in [6, 6.07) is 15.9. The second kappa shape index (κ2) is 8.82. The Morgan fingerprint density at radius 1 is 1.03 bits per heavy atom. The highest BCUT2D eigenvalue weighted by Gasteiger charge is 2.22. The van der Waals surface area contributed by atoms with E-state index in [0.29, 0.717) is 18.7 Å². The van der Waals surface area contributed by atoms with E-state index >= 15 is 0 Å². The number of carbonyl (C=O) groups excluding carboxylic acids is 2. The average molecular weight is 403 g/mol. The number of amides is 2. The fourth-order valence-electron chi connectivity index (χ4n) is 3.67. The van der Waals surface area contributed by atoms with Crippen molar-refractivity contribution in [3.8, 4) is 5.69 Å². The molecule has 154 valence electrons. The standard InChI is InChI=1S/C23H25N5O2/c1-18-7-8-21(28-10-9-24-17-28)20(15-18)23(30)25-16-22(29)27-13-11-26(12-14-27)19-5-3-2-4-6-19/h2-10,15,17H,11-14,16H2,1H3,(H,25,30). The first-order valence-electron chi connectivity index (χ1n) is 10.1. The summed E-state index contributed by atoms with van der Waals surface area (Å²) in [5, 5.41) is 2.79.